The fourth-order valence-electron chi connectivity index (χ4n) is 4.51. The highest BCUT2D eigenvalue weighted by atomic mass is 16.5. The summed E-state index contributed by atoms with van der Waals surface area (Å²) in [7, 11) is 0. The predicted octanol–water partition coefficient (Wildman–Crippen LogP) is 4.18. The molecule has 0 aliphatic carbocycles. The molecule has 0 atom stereocenters. The van der Waals surface area contributed by atoms with Crippen LogP contribution in [0.3, 0.4) is 0 Å². The van der Waals surface area contributed by atoms with E-state index in [0.717, 1.165) is 68.9 Å². The van der Waals surface area contributed by atoms with Gasteiger partial charge in [0.2, 0.25) is 0 Å². The fourth-order valence-corrected chi connectivity index (χ4v) is 4.51. The Labute approximate surface area is 213 Å². The van der Waals surface area contributed by atoms with Crippen LogP contribution in [0.1, 0.15) is 71.7 Å². The number of carbonyl (C=O) groups is 2. The number of hydrogen-bond donors (Lipinski definition) is 4. The number of hydrogen-bond acceptors (Lipinski definition) is 6. The zero-order valence-electron chi connectivity index (χ0n) is 21.2. The topological polar surface area (TPSA) is 104 Å². The van der Waals surface area contributed by atoms with Crippen molar-refractivity contribution in [3.05, 3.63) is 59.2 Å². The second-order valence-corrected chi connectivity index (χ2v) is 9.73. The highest BCUT2D eigenvalue weighted by Gasteiger charge is 2.16. The quantitative estimate of drug-likeness (QED) is 0.444. The zero-order valence-corrected chi connectivity index (χ0v) is 21.2. The van der Waals surface area contributed by atoms with Crippen LogP contribution in [0.15, 0.2) is 47.5 Å². The molecule has 2 aromatic carbocycles. The van der Waals surface area contributed by atoms with E-state index in [-0.39, 0.29) is 17.7 Å². The molecule has 0 unspecified atom stereocenters. The number of nitrogens with one attached hydrogen (secondary N) is 4. The lowest BCUT2D eigenvalue weighted by Gasteiger charge is -2.21. The molecule has 2 aliphatic rings. The van der Waals surface area contributed by atoms with Crippen LogP contribution < -0.4 is 21.3 Å². The molecular formula is C28H37N5O3. The molecule has 2 aromatic rings. The number of rotatable bonds is 8. The second kappa shape index (κ2) is 12.5. The van der Waals surface area contributed by atoms with Crippen LogP contribution in [-0.2, 0) is 4.74 Å². The summed E-state index contributed by atoms with van der Waals surface area (Å²) < 4.78 is 5.41. The van der Waals surface area contributed by atoms with Gasteiger partial charge in [0.25, 0.3) is 11.8 Å². The number of benzene rings is 2. The standard InChI is InChI=1S/C28H37N5O3/c1-19(2)24-18-22(27(35)33-28-30-12-4-13-31-28)7-8-25(24)32-23-6-3-5-21(17-23)26(34)29-14-9-20-10-15-36-16-11-20/h3,5-8,17-20,32H,4,9-16H2,1-2H3,(H,29,34)(H2,30,31,33,35). The number of carbonyl (C=O) groups excluding carboxylic acids is 2. The molecule has 2 heterocycles. The van der Waals surface area contributed by atoms with Crippen molar-refractivity contribution in [2.75, 3.05) is 38.2 Å². The maximum atomic E-state index is 12.8. The number of guanidine groups is 1. The summed E-state index contributed by atoms with van der Waals surface area (Å²) in [6.07, 6.45) is 4.09. The highest BCUT2D eigenvalue weighted by molar-refractivity contribution is 6.06. The van der Waals surface area contributed by atoms with Crippen molar-refractivity contribution >= 4 is 29.1 Å². The monoisotopic (exact) mass is 491 g/mol. The molecule has 0 saturated carbocycles. The maximum Gasteiger partial charge on any atom is 0.257 e. The van der Waals surface area contributed by atoms with Gasteiger partial charge in [0, 0.05) is 55.3 Å². The Morgan fingerprint density at radius 3 is 2.64 bits per heavy atom. The van der Waals surface area contributed by atoms with Crippen LogP contribution in [0.2, 0.25) is 0 Å². The van der Waals surface area contributed by atoms with Gasteiger partial charge in [0.15, 0.2) is 5.96 Å². The Kier molecular flexibility index (Phi) is 8.95. The van der Waals surface area contributed by atoms with E-state index in [1.165, 1.54) is 0 Å². The van der Waals surface area contributed by atoms with Gasteiger partial charge in [0.1, 0.15) is 0 Å². The first-order chi connectivity index (χ1) is 17.5. The number of amides is 2. The summed E-state index contributed by atoms with van der Waals surface area (Å²) in [4.78, 5) is 29.8. The lowest BCUT2D eigenvalue weighted by atomic mass is 9.96. The molecule has 0 bridgehead atoms. The average molecular weight is 492 g/mol. The first-order valence-electron chi connectivity index (χ1n) is 13.0. The zero-order chi connectivity index (χ0) is 25.3. The molecule has 0 radical (unpaired) electrons. The molecular weight excluding hydrogens is 454 g/mol. The summed E-state index contributed by atoms with van der Waals surface area (Å²) in [6, 6.07) is 13.1. The van der Waals surface area contributed by atoms with Crippen LogP contribution in [-0.4, -0.2) is 50.6 Å². The summed E-state index contributed by atoms with van der Waals surface area (Å²) in [5, 5.41) is 12.5. The van der Waals surface area contributed by atoms with Gasteiger partial charge in [0.05, 0.1) is 0 Å². The molecule has 192 valence electrons. The van der Waals surface area contributed by atoms with Gasteiger partial charge in [-0.15, -0.1) is 0 Å². The lowest BCUT2D eigenvalue weighted by molar-refractivity contribution is 0.0636. The molecule has 36 heavy (non-hydrogen) atoms. The molecule has 0 spiro atoms. The first kappa shape index (κ1) is 25.7. The number of nitrogens with zero attached hydrogens (tertiary/aromatic N) is 1. The van der Waals surface area contributed by atoms with Crippen molar-refractivity contribution in [1.82, 2.24) is 16.0 Å². The first-order valence-corrected chi connectivity index (χ1v) is 13.0. The van der Waals surface area contributed by atoms with Crippen LogP contribution in [0.5, 0.6) is 0 Å². The van der Waals surface area contributed by atoms with Gasteiger partial charge in [-0.1, -0.05) is 19.9 Å². The Morgan fingerprint density at radius 1 is 1.08 bits per heavy atom. The second-order valence-electron chi connectivity index (χ2n) is 9.73. The maximum absolute atomic E-state index is 12.8. The number of anilines is 2. The Hall–Kier alpha value is -3.39. The number of aliphatic imine (C=N–C) groups is 1. The third-order valence-electron chi connectivity index (χ3n) is 6.65. The van der Waals surface area contributed by atoms with Crippen LogP contribution in [0, 0.1) is 5.92 Å². The normalized spacial score (nSPS) is 16.1. The van der Waals surface area contributed by atoms with E-state index in [4.69, 9.17) is 4.74 Å². The Balaban J connectivity index is 1.40. The van der Waals surface area contributed by atoms with E-state index in [1.807, 2.05) is 36.4 Å². The van der Waals surface area contributed by atoms with Gasteiger partial charge in [-0.05, 0) is 79.5 Å². The van der Waals surface area contributed by atoms with Gasteiger partial charge in [-0.2, -0.15) is 0 Å². The lowest BCUT2D eigenvalue weighted by Crippen LogP contribution is -2.43. The highest BCUT2D eigenvalue weighted by Crippen LogP contribution is 2.29. The summed E-state index contributed by atoms with van der Waals surface area (Å²) in [5.41, 5.74) is 3.96. The van der Waals surface area contributed by atoms with E-state index < -0.39 is 0 Å². The van der Waals surface area contributed by atoms with E-state index in [0.29, 0.717) is 29.5 Å². The van der Waals surface area contributed by atoms with Crippen LogP contribution in [0.4, 0.5) is 11.4 Å². The minimum atomic E-state index is -0.184. The average Bonchev–Trinajstić information content (AvgIpc) is 2.90. The summed E-state index contributed by atoms with van der Waals surface area (Å²) in [6.45, 7) is 8.03. The molecule has 4 N–H and O–H groups in total. The van der Waals surface area contributed by atoms with E-state index in [9.17, 15) is 9.59 Å². The van der Waals surface area contributed by atoms with Crippen molar-refractivity contribution < 1.29 is 14.3 Å². The molecule has 4 rings (SSSR count). The van der Waals surface area contributed by atoms with Gasteiger partial charge < -0.3 is 20.7 Å². The Bertz CT molecular complexity index is 1090. The van der Waals surface area contributed by atoms with Gasteiger partial charge >= 0.3 is 0 Å². The largest absolute Gasteiger partial charge is 0.381 e. The van der Waals surface area contributed by atoms with Crippen LogP contribution >= 0.6 is 0 Å². The minimum Gasteiger partial charge on any atom is -0.381 e. The smallest absolute Gasteiger partial charge is 0.257 e. The summed E-state index contributed by atoms with van der Waals surface area (Å²) >= 11 is 0. The fraction of sp³-hybridized carbons (Fsp3) is 0.464. The van der Waals surface area contributed by atoms with E-state index >= 15 is 0 Å². The molecule has 1 saturated heterocycles. The molecule has 8 nitrogen and oxygen atoms in total. The van der Waals surface area contributed by atoms with Crippen molar-refractivity contribution in [3.63, 3.8) is 0 Å². The van der Waals surface area contributed by atoms with Crippen molar-refractivity contribution in [1.29, 1.82) is 0 Å². The number of ether oxygens (including phenoxy) is 1. The predicted molar refractivity (Wildman–Crippen MR) is 143 cm³/mol. The van der Waals surface area contributed by atoms with Crippen molar-refractivity contribution in [3.8, 4) is 0 Å². The molecule has 2 aliphatic heterocycles. The molecule has 1 fully saturated rings. The van der Waals surface area contributed by atoms with E-state index in [2.05, 4.69) is 40.1 Å². The SMILES string of the molecule is CC(C)c1cc(C(=O)NC2=NCCCN2)ccc1Nc1cccc(C(=O)NCCC2CCOCC2)c1. The molecule has 0 aromatic heterocycles. The van der Waals surface area contributed by atoms with Gasteiger partial charge in [-0.3, -0.25) is 19.9 Å². The third kappa shape index (κ3) is 7.07. The minimum absolute atomic E-state index is 0.0685. The molecule has 8 heteroatoms. The van der Waals surface area contributed by atoms with Crippen LogP contribution in [0.25, 0.3) is 0 Å². The summed E-state index contributed by atoms with van der Waals surface area (Å²) in [5.74, 6) is 1.10. The Morgan fingerprint density at radius 2 is 1.89 bits per heavy atom. The van der Waals surface area contributed by atoms with E-state index in [1.54, 1.807) is 6.07 Å². The third-order valence-corrected chi connectivity index (χ3v) is 6.65. The van der Waals surface area contributed by atoms with Crippen molar-refractivity contribution in [2.45, 2.75) is 45.4 Å². The molecule has 2 amide bonds. The van der Waals surface area contributed by atoms with Gasteiger partial charge in [-0.25, -0.2) is 0 Å². The van der Waals surface area contributed by atoms with Crippen molar-refractivity contribution in [2.24, 2.45) is 10.9 Å².